The lowest BCUT2D eigenvalue weighted by molar-refractivity contribution is 0.255. The second-order valence-electron chi connectivity index (χ2n) is 6.15. The highest BCUT2D eigenvalue weighted by Gasteiger charge is 2.40. The average Bonchev–Trinajstić information content (AvgIpc) is 2.96. The average molecular weight is 350 g/mol. The number of aliphatic imine (C=N–C) groups is 1. The smallest absolute Gasteiger partial charge is 0.235 e. The second kappa shape index (κ2) is 5.94. The number of hydrogen-bond donors (Lipinski definition) is 0. The van der Waals surface area contributed by atoms with Crippen LogP contribution in [0.3, 0.4) is 0 Å². The molecule has 112 valence electrons. The minimum absolute atomic E-state index is 0.343. The monoisotopic (exact) mass is 349 g/mol. The van der Waals surface area contributed by atoms with E-state index in [0.717, 1.165) is 35.0 Å². The fourth-order valence-corrected chi connectivity index (χ4v) is 4.34. The van der Waals surface area contributed by atoms with Crippen LogP contribution in [0, 0.1) is 0 Å². The Morgan fingerprint density at radius 3 is 2.52 bits per heavy atom. The maximum Gasteiger partial charge on any atom is 0.235 e. The third-order valence-corrected chi connectivity index (χ3v) is 5.64. The molecular weight excluding hydrogens is 330 g/mol. The van der Waals surface area contributed by atoms with Gasteiger partial charge in [-0.2, -0.15) is 4.99 Å². The maximum absolute atomic E-state index is 10.8. The van der Waals surface area contributed by atoms with Crippen molar-refractivity contribution in [3.8, 4) is 5.75 Å². The molecule has 0 amide bonds. The number of rotatable bonds is 4. The summed E-state index contributed by atoms with van der Waals surface area (Å²) in [6.45, 7) is 0. The van der Waals surface area contributed by atoms with Crippen LogP contribution in [0.25, 0.3) is 0 Å². The topological polar surface area (TPSA) is 38.7 Å². The Kier molecular flexibility index (Phi) is 4.19. The lowest BCUT2D eigenvalue weighted by Crippen LogP contribution is -2.32. The minimum atomic E-state index is -0.343. The Morgan fingerprint density at radius 1 is 1.29 bits per heavy atom. The molecule has 1 aromatic rings. The molecule has 2 aliphatic rings. The molecular formula is C17H20BrNO2. The van der Waals surface area contributed by atoms with Crippen LogP contribution in [0.5, 0.6) is 5.75 Å². The maximum atomic E-state index is 10.8. The molecule has 0 aliphatic heterocycles. The Bertz CT molecular complexity index is 583. The number of hydrogen-bond acceptors (Lipinski definition) is 3. The van der Waals surface area contributed by atoms with Crippen molar-refractivity contribution in [2.24, 2.45) is 4.99 Å². The zero-order valence-corrected chi connectivity index (χ0v) is 13.9. The first-order valence-corrected chi connectivity index (χ1v) is 8.46. The van der Waals surface area contributed by atoms with E-state index < -0.39 is 0 Å². The number of ether oxygens (including phenoxy) is 1. The zero-order valence-electron chi connectivity index (χ0n) is 12.3. The van der Waals surface area contributed by atoms with E-state index in [1.165, 1.54) is 31.2 Å². The molecule has 4 heteroatoms. The van der Waals surface area contributed by atoms with Crippen LogP contribution < -0.4 is 4.74 Å². The van der Waals surface area contributed by atoms with Crippen LogP contribution in [0.1, 0.15) is 62.0 Å². The van der Waals surface area contributed by atoms with Crippen molar-refractivity contribution in [1.82, 2.24) is 0 Å². The molecule has 2 fully saturated rings. The van der Waals surface area contributed by atoms with Gasteiger partial charge in [-0.15, -0.1) is 0 Å². The summed E-state index contributed by atoms with van der Waals surface area (Å²) in [6, 6.07) is 4.29. The first kappa shape index (κ1) is 14.8. The molecule has 21 heavy (non-hydrogen) atoms. The Balaban J connectivity index is 2.08. The fraction of sp³-hybridized carbons (Fsp3) is 0.588. The molecule has 0 aromatic heterocycles. The van der Waals surface area contributed by atoms with Gasteiger partial charge in [0.1, 0.15) is 5.75 Å². The van der Waals surface area contributed by atoms with Crippen molar-refractivity contribution in [1.29, 1.82) is 0 Å². The predicted octanol–water partition coefficient (Wildman–Crippen LogP) is 4.83. The van der Waals surface area contributed by atoms with E-state index in [0.29, 0.717) is 5.92 Å². The standard InChI is InChI=1S/C17H20BrNO2/c1-21-16-14(12-5-2-3-6-12)9-13(10-15(16)18)17(19-11-20)7-4-8-17/h9-10,12H,2-8H2,1H3. The van der Waals surface area contributed by atoms with E-state index in [1.807, 2.05) is 0 Å². The van der Waals surface area contributed by atoms with Crippen molar-refractivity contribution in [2.45, 2.75) is 56.4 Å². The first-order valence-electron chi connectivity index (χ1n) is 7.67. The van der Waals surface area contributed by atoms with Gasteiger partial charge in [0.2, 0.25) is 6.08 Å². The molecule has 2 aliphatic carbocycles. The minimum Gasteiger partial charge on any atom is -0.495 e. The lowest BCUT2D eigenvalue weighted by atomic mass is 9.71. The molecule has 3 nitrogen and oxygen atoms in total. The van der Waals surface area contributed by atoms with Gasteiger partial charge in [-0.05, 0) is 77.2 Å². The summed E-state index contributed by atoms with van der Waals surface area (Å²) < 4.78 is 6.58. The van der Waals surface area contributed by atoms with Crippen LogP contribution in [-0.2, 0) is 10.3 Å². The summed E-state index contributed by atoms with van der Waals surface area (Å²) >= 11 is 3.64. The molecule has 0 unspecified atom stereocenters. The molecule has 0 saturated heterocycles. The van der Waals surface area contributed by atoms with E-state index >= 15 is 0 Å². The van der Waals surface area contributed by atoms with E-state index in [-0.39, 0.29) is 5.54 Å². The van der Waals surface area contributed by atoms with Crippen LogP contribution in [0.4, 0.5) is 0 Å². The van der Waals surface area contributed by atoms with Crippen molar-refractivity contribution >= 4 is 22.0 Å². The van der Waals surface area contributed by atoms with Crippen LogP contribution in [0.15, 0.2) is 21.6 Å². The van der Waals surface area contributed by atoms with Crippen molar-refractivity contribution < 1.29 is 9.53 Å². The van der Waals surface area contributed by atoms with Crippen molar-refractivity contribution in [3.05, 3.63) is 27.7 Å². The van der Waals surface area contributed by atoms with Gasteiger partial charge >= 0.3 is 0 Å². The van der Waals surface area contributed by atoms with Gasteiger partial charge < -0.3 is 4.74 Å². The van der Waals surface area contributed by atoms with Crippen molar-refractivity contribution in [3.63, 3.8) is 0 Å². The summed E-state index contributed by atoms with van der Waals surface area (Å²) in [5.41, 5.74) is 2.06. The number of nitrogens with zero attached hydrogens (tertiary/aromatic N) is 1. The van der Waals surface area contributed by atoms with Gasteiger partial charge in [-0.25, -0.2) is 4.79 Å². The van der Waals surface area contributed by atoms with E-state index in [9.17, 15) is 4.79 Å². The molecule has 1 aromatic carbocycles. The van der Waals surface area contributed by atoms with Crippen LogP contribution in [-0.4, -0.2) is 13.2 Å². The Hall–Kier alpha value is -1.12. The number of benzene rings is 1. The molecule has 3 rings (SSSR count). The summed E-state index contributed by atoms with van der Waals surface area (Å²) in [6.07, 6.45) is 9.77. The Morgan fingerprint density at radius 2 is 2.00 bits per heavy atom. The van der Waals surface area contributed by atoms with E-state index in [2.05, 4.69) is 33.1 Å². The number of carbonyl (C=O) groups excluding carboxylic acids is 1. The number of isocyanates is 1. The third-order valence-electron chi connectivity index (χ3n) is 5.05. The summed E-state index contributed by atoms with van der Waals surface area (Å²) in [4.78, 5) is 14.9. The highest BCUT2D eigenvalue weighted by molar-refractivity contribution is 9.10. The molecule has 0 atom stereocenters. The number of methoxy groups -OCH3 is 1. The highest BCUT2D eigenvalue weighted by atomic mass is 79.9. The molecule has 2 saturated carbocycles. The van der Waals surface area contributed by atoms with Gasteiger partial charge in [-0.1, -0.05) is 12.8 Å². The SMILES string of the molecule is COc1c(Br)cc(C2(N=C=O)CCC2)cc1C1CCCC1. The number of halogens is 1. The van der Waals surface area contributed by atoms with E-state index in [1.54, 1.807) is 13.2 Å². The van der Waals surface area contributed by atoms with Gasteiger partial charge in [0.25, 0.3) is 0 Å². The quantitative estimate of drug-likeness (QED) is 0.576. The summed E-state index contributed by atoms with van der Waals surface area (Å²) in [5.74, 6) is 1.50. The predicted molar refractivity (Wildman–Crippen MR) is 85.6 cm³/mol. The van der Waals surface area contributed by atoms with Crippen molar-refractivity contribution in [2.75, 3.05) is 7.11 Å². The largest absolute Gasteiger partial charge is 0.495 e. The summed E-state index contributed by atoms with van der Waals surface area (Å²) in [7, 11) is 1.72. The van der Waals surface area contributed by atoms with Crippen LogP contribution in [0.2, 0.25) is 0 Å². The highest BCUT2D eigenvalue weighted by Crippen LogP contribution is 2.49. The molecule has 0 spiro atoms. The fourth-order valence-electron chi connectivity index (χ4n) is 3.70. The molecule has 0 heterocycles. The van der Waals surface area contributed by atoms with Crippen LogP contribution >= 0.6 is 15.9 Å². The molecule has 0 radical (unpaired) electrons. The molecule has 0 bridgehead atoms. The normalized spacial score (nSPS) is 20.7. The zero-order chi connectivity index (χ0) is 14.9. The van der Waals surface area contributed by atoms with Gasteiger partial charge in [0.15, 0.2) is 0 Å². The van der Waals surface area contributed by atoms with Gasteiger partial charge in [0, 0.05) is 0 Å². The second-order valence-corrected chi connectivity index (χ2v) is 7.00. The summed E-state index contributed by atoms with van der Waals surface area (Å²) in [5, 5.41) is 0. The third kappa shape index (κ3) is 2.56. The van der Waals surface area contributed by atoms with Gasteiger partial charge in [0.05, 0.1) is 17.1 Å². The Labute approximate surface area is 133 Å². The molecule has 0 N–H and O–H groups in total. The first-order chi connectivity index (χ1) is 10.2. The lowest BCUT2D eigenvalue weighted by Gasteiger charge is -2.38. The van der Waals surface area contributed by atoms with Gasteiger partial charge in [-0.3, -0.25) is 0 Å². The van der Waals surface area contributed by atoms with E-state index in [4.69, 9.17) is 4.74 Å².